The summed E-state index contributed by atoms with van der Waals surface area (Å²) in [5.74, 6) is -1.40. The van der Waals surface area contributed by atoms with Crippen LogP contribution in [0.1, 0.15) is 26.2 Å². The summed E-state index contributed by atoms with van der Waals surface area (Å²) in [4.78, 5) is 24.9. The number of amides is 1. The molecular formula is C13H22N2O5S. The molecule has 2 heterocycles. The number of hydrogen-bond donors (Lipinski definition) is 2. The summed E-state index contributed by atoms with van der Waals surface area (Å²) in [6, 6.07) is 0. The van der Waals surface area contributed by atoms with Crippen LogP contribution in [0.15, 0.2) is 0 Å². The molecule has 2 atom stereocenters. The fraction of sp³-hybridized carbons (Fsp3) is 0.846. The van der Waals surface area contributed by atoms with Crippen molar-refractivity contribution in [2.45, 2.75) is 31.7 Å². The van der Waals surface area contributed by atoms with E-state index in [-0.39, 0.29) is 24.0 Å². The van der Waals surface area contributed by atoms with Gasteiger partial charge in [0.25, 0.3) is 0 Å². The van der Waals surface area contributed by atoms with Crippen molar-refractivity contribution in [3.63, 3.8) is 0 Å². The Morgan fingerprint density at radius 3 is 2.71 bits per heavy atom. The Labute approximate surface area is 124 Å². The first-order chi connectivity index (χ1) is 9.69. The average molecular weight is 318 g/mol. The smallest absolute Gasteiger partial charge is 0.307 e. The second-order valence-corrected chi connectivity index (χ2v) is 8.55. The fourth-order valence-electron chi connectivity index (χ4n) is 3.09. The monoisotopic (exact) mass is 318 g/mol. The number of piperidine rings is 1. The molecule has 0 saturated carbocycles. The van der Waals surface area contributed by atoms with Crippen LogP contribution in [0.25, 0.3) is 0 Å². The molecule has 2 fully saturated rings. The fourth-order valence-corrected chi connectivity index (χ4v) is 5.18. The predicted octanol–water partition coefficient (Wildman–Crippen LogP) is -0.524. The molecule has 21 heavy (non-hydrogen) atoms. The maximum absolute atomic E-state index is 12.1. The van der Waals surface area contributed by atoms with Crippen LogP contribution in [0, 0.1) is 5.92 Å². The highest BCUT2D eigenvalue weighted by atomic mass is 32.2. The minimum Gasteiger partial charge on any atom is -0.481 e. The Balaban J connectivity index is 1.86. The molecule has 0 radical (unpaired) electrons. The molecule has 2 rings (SSSR count). The zero-order chi connectivity index (χ0) is 15.7. The number of hydrogen-bond acceptors (Lipinski definition) is 5. The number of rotatable bonds is 4. The van der Waals surface area contributed by atoms with Crippen LogP contribution < -0.4 is 5.32 Å². The van der Waals surface area contributed by atoms with Crippen LogP contribution in [0.4, 0.5) is 0 Å². The molecule has 2 N–H and O–H groups in total. The first-order valence-corrected chi connectivity index (χ1v) is 8.98. The van der Waals surface area contributed by atoms with E-state index in [9.17, 15) is 18.0 Å². The van der Waals surface area contributed by atoms with Crippen molar-refractivity contribution in [3.05, 3.63) is 0 Å². The average Bonchev–Trinajstić information content (AvgIpc) is 2.63. The first kappa shape index (κ1) is 16.2. The van der Waals surface area contributed by atoms with E-state index in [4.69, 9.17) is 5.11 Å². The summed E-state index contributed by atoms with van der Waals surface area (Å²) in [6.07, 6.45) is 1.83. The van der Waals surface area contributed by atoms with E-state index >= 15 is 0 Å². The van der Waals surface area contributed by atoms with Crippen LogP contribution >= 0.6 is 0 Å². The quantitative estimate of drug-likeness (QED) is 0.722. The van der Waals surface area contributed by atoms with E-state index < -0.39 is 27.3 Å². The van der Waals surface area contributed by atoms with Crippen LogP contribution in [0.2, 0.25) is 0 Å². The zero-order valence-corrected chi connectivity index (χ0v) is 13.0. The zero-order valence-electron chi connectivity index (χ0n) is 12.2. The van der Waals surface area contributed by atoms with Gasteiger partial charge < -0.3 is 10.4 Å². The van der Waals surface area contributed by atoms with Crippen molar-refractivity contribution in [1.29, 1.82) is 0 Å². The molecule has 0 aliphatic carbocycles. The van der Waals surface area contributed by atoms with E-state index in [0.717, 1.165) is 6.42 Å². The van der Waals surface area contributed by atoms with Crippen molar-refractivity contribution < 1.29 is 23.1 Å². The summed E-state index contributed by atoms with van der Waals surface area (Å²) in [6.45, 7) is 2.94. The summed E-state index contributed by atoms with van der Waals surface area (Å²) in [5, 5.41) is 11.8. The number of carbonyl (C=O) groups excluding carboxylic acids is 1. The summed E-state index contributed by atoms with van der Waals surface area (Å²) in [7, 11) is -3.06. The third kappa shape index (κ3) is 4.41. The summed E-state index contributed by atoms with van der Waals surface area (Å²) >= 11 is 0. The Bertz CT molecular complexity index is 533. The second kappa shape index (κ2) is 5.92. The third-order valence-electron chi connectivity index (χ3n) is 4.17. The molecule has 1 amide bonds. The lowest BCUT2D eigenvalue weighted by Gasteiger charge is -2.31. The number of aliphatic carboxylic acids is 1. The third-order valence-corrected chi connectivity index (χ3v) is 6.07. The van der Waals surface area contributed by atoms with Gasteiger partial charge in [-0.2, -0.15) is 0 Å². The number of carbonyl (C=O) groups is 2. The van der Waals surface area contributed by atoms with Gasteiger partial charge in [-0.3, -0.25) is 14.5 Å². The molecule has 2 unspecified atom stereocenters. The van der Waals surface area contributed by atoms with Crippen molar-refractivity contribution >= 4 is 21.7 Å². The highest BCUT2D eigenvalue weighted by molar-refractivity contribution is 7.91. The van der Waals surface area contributed by atoms with E-state index in [1.165, 1.54) is 0 Å². The number of likely N-dealkylation sites (tertiary alicyclic amines) is 1. The summed E-state index contributed by atoms with van der Waals surface area (Å²) < 4.78 is 23.0. The first-order valence-electron chi connectivity index (χ1n) is 7.16. The molecule has 0 spiro atoms. The van der Waals surface area contributed by atoms with Gasteiger partial charge in [-0.25, -0.2) is 8.42 Å². The van der Waals surface area contributed by atoms with Crippen molar-refractivity contribution in [3.8, 4) is 0 Å². The maximum Gasteiger partial charge on any atom is 0.307 e. The van der Waals surface area contributed by atoms with Gasteiger partial charge in [0.05, 0.1) is 29.5 Å². The lowest BCUT2D eigenvalue weighted by atomic mass is 9.98. The van der Waals surface area contributed by atoms with Gasteiger partial charge in [0.15, 0.2) is 9.84 Å². The lowest BCUT2D eigenvalue weighted by molar-refractivity contribution is -0.144. The van der Waals surface area contributed by atoms with Gasteiger partial charge in [-0.05, 0) is 32.7 Å². The molecule has 120 valence electrons. The second-order valence-electron chi connectivity index (χ2n) is 6.36. The number of sulfone groups is 1. The predicted molar refractivity (Wildman–Crippen MR) is 76.6 cm³/mol. The van der Waals surface area contributed by atoms with Crippen LogP contribution in [-0.4, -0.2) is 67.0 Å². The van der Waals surface area contributed by atoms with Crippen molar-refractivity contribution in [1.82, 2.24) is 10.2 Å². The van der Waals surface area contributed by atoms with Gasteiger partial charge in [0.1, 0.15) is 0 Å². The van der Waals surface area contributed by atoms with Crippen LogP contribution in [-0.2, 0) is 19.4 Å². The van der Waals surface area contributed by atoms with E-state index in [1.807, 2.05) is 4.90 Å². The van der Waals surface area contributed by atoms with E-state index in [0.29, 0.717) is 25.9 Å². The topological polar surface area (TPSA) is 104 Å². The number of nitrogens with zero attached hydrogens (tertiary/aromatic N) is 1. The normalized spacial score (nSPS) is 32.7. The molecule has 8 heteroatoms. The molecule has 2 aliphatic rings. The largest absolute Gasteiger partial charge is 0.481 e. The molecular weight excluding hydrogens is 296 g/mol. The summed E-state index contributed by atoms with van der Waals surface area (Å²) in [5.41, 5.74) is -0.697. The standard InChI is InChI=1S/C13H22N2O5S/c1-13(4-6-21(19,20)9-13)14-11(16)8-15-5-2-3-10(7-15)12(17)18/h10H,2-9H2,1H3,(H,14,16)(H,17,18). The van der Waals surface area contributed by atoms with Gasteiger partial charge in [-0.1, -0.05) is 0 Å². The Morgan fingerprint density at radius 1 is 1.43 bits per heavy atom. The minimum absolute atomic E-state index is 0.0243. The van der Waals surface area contributed by atoms with Gasteiger partial charge in [0.2, 0.25) is 5.91 Å². The van der Waals surface area contributed by atoms with E-state index in [2.05, 4.69) is 5.32 Å². The van der Waals surface area contributed by atoms with Gasteiger partial charge in [0, 0.05) is 6.54 Å². The number of carboxylic acid groups (broad SMARTS) is 1. The SMILES string of the molecule is CC1(NC(=O)CN2CCCC(C(=O)O)C2)CCS(=O)(=O)C1. The molecule has 7 nitrogen and oxygen atoms in total. The van der Waals surface area contributed by atoms with Crippen LogP contribution in [0.3, 0.4) is 0 Å². The van der Waals surface area contributed by atoms with Crippen LogP contribution in [0.5, 0.6) is 0 Å². The Hall–Kier alpha value is -1.15. The Morgan fingerprint density at radius 2 is 2.14 bits per heavy atom. The molecule has 0 aromatic rings. The highest BCUT2D eigenvalue weighted by Crippen LogP contribution is 2.23. The van der Waals surface area contributed by atoms with E-state index in [1.54, 1.807) is 6.92 Å². The molecule has 0 aromatic heterocycles. The van der Waals surface area contributed by atoms with Crippen molar-refractivity contribution in [2.75, 3.05) is 31.1 Å². The highest BCUT2D eigenvalue weighted by Gasteiger charge is 2.39. The number of nitrogens with one attached hydrogen (secondary N) is 1. The maximum atomic E-state index is 12.1. The lowest BCUT2D eigenvalue weighted by Crippen LogP contribution is -2.51. The number of carboxylic acids is 1. The van der Waals surface area contributed by atoms with Gasteiger partial charge >= 0.3 is 5.97 Å². The molecule has 2 saturated heterocycles. The van der Waals surface area contributed by atoms with Gasteiger partial charge in [-0.15, -0.1) is 0 Å². The minimum atomic E-state index is -3.06. The van der Waals surface area contributed by atoms with Crippen molar-refractivity contribution in [2.24, 2.45) is 5.92 Å². The Kier molecular flexibility index (Phi) is 4.57. The molecule has 0 aromatic carbocycles. The molecule has 0 bridgehead atoms. The molecule has 2 aliphatic heterocycles.